The number of hydrazone groups is 1. The molecule has 13 heavy (non-hydrogen) atoms. The van der Waals surface area contributed by atoms with Crippen molar-refractivity contribution >= 4 is 28.1 Å². The highest BCUT2D eigenvalue weighted by Crippen LogP contribution is 2.24. The average Bonchev–Trinajstić information content (AvgIpc) is 2.58. The van der Waals surface area contributed by atoms with Gasteiger partial charge in [-0.05, 0) is 13.8 Å². The molecule has 1 aromatic rings. The van der Waals surface area contributed by atoms with Crippen LogP contribution in [-0.2, 0) is 4.79 Å². The Balaban J connectivity index is 2.32. The summed E-state index contributed by atoms with van der Waals surface area (Å²) in [6.07, 6.45) is 0.415. The Morgan fingerprint density at radius 2 is 2.31 bits per heavy atom. The Hall–Kier alpha value is -1.23. The van der Waals surface area contributed by atoms with Crippen LogP contribution in [0.3, 0.4) is 0 Å². The summed E-state index contributed by atoms with van der Waals surface area (Å²) in [6.45, 7) is 3.75. The van der Waals surface area contributed by atoms with Gasteiger partial charge in [-0.2, -0.15) is 10.1 Å². The molecule has 0 aromatic carbocycles. The Morgan fingerprint density at radius 3 is 2.77 bits per heavy atom. The summed E-state index contributed by atoms with van der Waals surface area (Å²) in [7, 11) is 0. The topological polar surface area (TPSA) is 45.6 Å². The first-order valence-corrected chi connectivity index (χ1v) is 4.84. The smallest absolute Gasteiger partial charge is 0.255 e. The zero-order chi connectivity index (χ0) is 9.42. The van der Waals surface area contributed by atoms with E-state index in [-0.39, 0.29) is 5.91 Å². The molecule has 1 aromatic heterocycles. The van der Waals surface area contributed by atoms with Gasteiger partial charge in [-0.25, -0.2) is 4.98 Å². The first kappa shape index (κ1) is 8.37. The second-order valence-electron chi connectivity index (χ2n) is 2.99. The maximum Gasteiger partial charge on any atom is 0.255 e. The van der Waals surface area contributed by atoms with Gasteiger partial charge in [0, 0.05) is 11.1 Å². The number of aryl methyl sites for hydroxylation is 1. The van der Waals surface area contributed by atoms with Crippen molar-refractivity contribution in [2.24, 2.45) is 5.10 Å². The molecule has 2 rings (SSSR count). The van der Waals surface area contributed by atoms with Gasteiger partial charge in [0.05, 0.1) is 12.1 Å². The molecule has 0 saturated carbocycles. The highest BCUT2D eigenvalue weighted by Gasteiger charge is 2.24. The van der Waals surface area contributed by atoms with Crippen molar-refractivity contribution in [1.82, 2.24) is 4.98 Å². The second kappa shape index (κ2) is 2.92. The fourth-order valence-electron chi connectivity index (χ4n) is 1.14. The molecule has 0 atom stereocenters. The summed E-state index contributed by atoms with van der Waals surface area (Å²) < 4.78 is 0. The van der Waals surface area contributed by atoms with Crippen LogP contribution in [0.2, 0.25) is 0 Å². The fraction of sp³-hybridized carbons (Fsp3) is 0.375. The number of carbonyl (C=O) groups excluding carboxylic acids is 1. The van der Waals surface area contributed by atoms with Gasteiger partial charge < -0.3 is 0 Å². The number of amides is 1. The van der Waals surface area contributed by atoms with Crippen LogP contribution in [0.4, 0.5) is 5.13 Å². The van der Waals surface area contributed by atoms with Gasteiger partial charge in [0.25, 0.3) is 5.91 Å². The van der Waals surface area contributed by atoms with E-state index in [1.165, 1.54) is 16.3 Å². The molecule has 0 fully saturated rings. The Bertz CT molecular complexity index is 382. The van der Waals surface area contributed by atoms with E-state index in [4.69, 9.17) is 0 Å². The molecule has 0 radical (unpaired) electrons. The predicted molar refractivity (Wildman–Crippen MR) is 52.1 cm³/mol. The quantitative estimate of drug-likeness (QED) is 0.682. The third kappa shape index (κ3) is 1.47. The van der Waals surface area contributed by atoms with Gasteiger partial charge in [0.2, 0.25) is 5.13 Å². The molecule has 0 bridgehead atoms. The lowest BCUT2D eigenvalue weighted by molar-refractivity contribution is -0.116. The van der Waals surface area contributed by atoms with Crippen LogP contribution < -0.4 is 5.01 Å². The van der Waals surface area contributed by atoms with Crippen LogP contribution in [0.1, 0.15) is 19.0 Å². The van der Waals surface area contributed by atoms with Crippen LogP contribution in [0.5, 0.6) is 0 Å². The zero-order valence-corrected chi connectivity index (χ0v) is 8.26. The van der Waals surface area contributed by atoms with E-state index in [9.17, 15) is 4.79 Å². The Labute approximate surface area is 79.9 Å². The molecule has 0 saturated heterocycles. The van der Waals surface area contributed by atoms with Gasteiger partial charge in [0.1, 0.15) is 0 Å². The molecule has 1 aliphatic heterocycles. The predicted octanol–water partition coefficient (Wildman–Crippen LogP) is 1.56. The lowest BCUT2D eigenvalue weighted by atomic mass is 10.3. The molecule has 1 aliphatic rings. The monoisotopic (exact) mass is 195 g/mol. The van der Waals surface area contributed by atoms with E-state index in [1.807, 2.05) is 19.2 Å². The molecule has 0 unspecified atom stereocenters. The van der Waals surface area contributed by atoms with Crippen LogP contribution in [0.15, 0.2) is 10.5 Å². The minimum atomic E-state index is 0.00634. The summed E-state index contributed by atoms with van der Waals surface area (Å²) in [5, 5.41) is 8.06. The molecular weight excluding hydrogens is 186 g/mol. The number of carbonyl (C=O) groups is 1. The first-order chi connectivity index (χ1) is 6.16. The fourth-order valence-corrected chi connectivity index (χ4v) is 1.91. The third-order valence-corrected chi connectivity index (χ3v) is 2.64. The third-order valence-electron chi connectivity index (χ3n) is 1.70. The summed E-state index contributed by atoms with van der Waals surface area (Å²) in [5.41, 5.74) is 1.77. The number of nitrogens with zero attached hydrogens (tertiary/aromatic N) is 3. The van der Waals surface area contributed by atoms with Crippen molar-refractivity contribution in [3.63, 3.8) is 0 Å². The molecule has 68 valence electrons. The summed E-state index contributed by atoms with van der Waals surface area (Å²) in [5.74, 6) is 0.00634. The van der Waals surface area contributed by atoms with Crippen molar-refractivity contribution in [1.29, 1.82) is 0 Å². The van der Waals surface area contributed by atoms with Crippen molar-refractivity contribution in [3.05, 3.63) is 11.1 Å². The number of anilines is 1. The normalized spacial score (nSPS) is 16.6. The van der Waals surface area contributed by atoms with E-state index in [2.05, 4.69) is 10.1 Å². The van der Waals surface area contributed by atoms with Crippen molar-refractivity contribution in [2.75, 3.05) is 5.01 Å². The Morgan fingerprint density at radius 1 is 1.54 bits per heavy atom. The lowest BCUT2D eigenvalue weighted by Crippen LogP contribution is -2.19. The maximum absolute atomic E-state index is 11.4. The number of hydrogen-bond donors (Lipinski definition) is 0. The van der Waals surface area contributed by atoms with E-state index in [0.29, 0.717) is 11.6 Å². The molecule has 1 amide bonds. The van der Waals surface area contributed by atoms with Gasteiger partial charge >= 0.3 is 0 Å². The van der Waals surface area contributed by atoms with E-state index in [1.54, 1.807) is 0 Å². The van der Waals surface area contributed by atoms with E-state index < -0.39 is 0 Å². The minimum Gasteiger partial charge on any atom is -0.272 e. The highest BCUT2D eigenvalue weighted by molar-refractivity contribution is 7.14. The molecule has 4 nitrogen and oxygen atoms in total. The van der Waals surface area contributed by atoms with Gasteiger partial charge in [0.15, 0.2) is 0 Å². The standard InChI is InChI=1S/C8H9N3OS/c1-5-3-7(12)11(10-5)8-9-6(2)4-13-8/h4H,3H2,1-2H3. The summed E-state index contributed by atoms with van der Waals surface area (Å²) in [4.78, 5) is 15.6. The van der Waals surface area contributed by atoms with Crippen LogP contribution in [0, 0.1) is 6.92 Å². The van der Waals surface area contributed by atoms with Gasteiger partial charge in [-0.3, -0.25) is 4.79 Å². The zero-order valence-electron chi connectivity index (χ0n) is 7.44. The SMILES string of the molecule is CC1=NN(c2nc(C)cs2)C(=O)C1. The number of rotatable bonds is 1. The van der Waals surface area contributed by atoms with Crippen molar-refractivity contribution < 1.29 is 4.79 Å². The van der Waals surface area contributed by atoms with Crippen LogP contribution >= 0.6 is 11.3 Å². The van der Waals surface area contributed by atoms with Crippen LogP contribution in [-0.4, -0.2) is 16.6 Å². The van der Waals surface area contributed by atoms with E-state index >= 15 is 0 Å². The van der Waals surface area contributed by atoms with E-state index in [0.717, 1.165) is 11.4 Å². The number of hydrogen-bond acceptors (Lipinski definition) is 4. The maximum atomic E-state index is 11.4. The highest BCUT2D eigenvalue weighted by atomic mass is 32.1. The molecule has 0 N–H and O–H groups in total. The molecule has 2 heterocycles. The lowest BCUT2D eigenvalue weighted by Gasteiger charge is -2.05. The van der Waals surface area contributed by atoms with Crippen molar-refractivity contribution in [3.8, 4) is 0 Å². The molecule has 0 spiro atoms. The largest absolute Gasteiger partial charge is 0.272 e. The number of thiazole rings is 1. The van der Waals surface area contributed by atoms with Crippen LogP contribution in [0.25, 0.3) is 0 Å². The van der Waals surface area contributed by atoms with Crippen molar-refractivity contribution in [2.45, 2.75) is 20.3 Å². The number of aromatic nitrogens is 1. The average molecular weight is 195 g/mol. The summed E-state index contributed by atoms with van der Waals surface area (Å²) in [6, 6.07) is 0. The van der Waals surface area contributed by atoms with Gasteiger partial charge in [-0.1, -0.05) is 0 Å². The molecule has 5 heteroatoms. The Kier molecular flexibility index (Phi) is 1.88. The second-order valence-corrected chi connectivity index (χ2v) is 3.83. The first-order valence-electron chi connectivity index (χ1n) is 3.96. The molecule has 0 aliphatic carbocycles. The molecular formula is C8H9N3OS. The summed E-state index contributed by atoms with van der Waals surface area (Å²) >= 11 is 1.44. The minimum absolute atomic E-state index is 0.00634. The van der Waals surface area contributed by atoms with Gasteiger partial charge in [-0.15, -0.1) is 11.3 Å².